The Bertz CT molecular complexity index is 535. The molecule has 0 heterocycles. The van der Waals surface area contributed by atoms with Crippen LogP contribution >= 0.6 is 0 Å². The molecule has 1 aliphatic rings. The summed E-state index contributed by atoms with van der Waals surface area (Å²) in [4.78, 5) is 25.4. The molecule has 0 aromatic heterocycles. The second-order valence-corrected chi connectivity index (χ2v) is 5.68. The molecular formula is C16H21NO3. The SMILES string of the molecule is Cc1cccc(C(=O)N(CC(C)C(=O)O)C2CC2)c1C. The summed E-state index contributed by atoms with van der Waals surface area (Å²) >= 11 is 0. The molecule has 1 aromatic rings. The van der Waals surface area contributed by atoms with Gasteiger partial charge in [-0.1, -0.05) is 19.1 Å². The number of carbonyl (C=O) groups excluding carboxylic acids is 1. The van der Waals surface area contributed by atoms with Gasteiger partial charge in [0.1, 0.15) is 0 Å². The first kappa shape index (κ1) is 14.6. The number of aliphatic carboxylic acids is 1. The summed E-state index contributed by atoms with van der Waals surface area (Å²) in [7, 11) is 0. The predicted molar refractivity (Wildman–Crippen MR) is 76.8 cm³/mol. The largest absolute Gasteiger partial charge is 0.481 e. The highest BCUT2D eigenvalue weighted by Gasteiger charge is 2.35. The van der Waals surface area contributed by atoms with Gasteiger partial charge in [0.25, 0.3) is 5.91 Å². The van der Waals surface area contributed by atoms with Gasteiger partial charge >= 0.3 is 5.97 Å². The average Bonchev–Trinajstić information content (AvgIpc) is 3.22. The van der Waals surface area contributed by atoms with Crippen molar-refractivity contribution in [3.8, 4) is 0 Å². The van der Waals surface area contributed by atoms with E-state index in [9.17, 15) is 9.59 Å². The molecule has 4 nitrogen and oxygen atoms in total. The minimum absolute atomic E-state index is 0.0400. The summed E-state index contributed by atoms with van der Waals surface area (Å²) in [5.41, 5.74) is 2.75. The van der Waals surface area contributed by atoms with Gasteiger partial charge in [-0.15, -0.1) is 0 Å². The summed E-state index contributed by atoms with van der Waals surface area (Å²) in [6.45, 7) is 5.85. The van der Waals surface area contributed by atoms with Gasteiger partial charge in [-0.2, -0.15) is 0 Å². The van der Waals surface area contributed by atoms with Crippen molar-refractivity contribution in [2.45, 2.75) is 39.7 Å². The second-order valence-electron chi connectivity index (χ2n) is 5.68. The van der Waals surface area contributed by atoms with Crippen molar-refractivity contribution >= 4 is 11.9 Å². The van der Waals surface area contributed by atoms with E-state index >= 15 is 0 Å². The maximum absolute atomic E-state index is 12.7. The third kappa shape index (κ3) is 3.00. The molecule has 1 saturated carbocycles. The Kier molecular flexibility index (Phi) is 4.12. The summed E-state index contributed by atoms with van der Waals surface area (Å²) in [5.74, 6) is -1.43. The standard InChI is InChI=1S/C16H21NO3/c1-10-5-4-6-14(12(10)3)15(18)17(13-7-8-13)9-11(2)16(19)20/h4-6,11,13H,7-9H2,1-3H3,(H,19,20). The van der Waals surface area contributed by atoms with E-state index in [1.54, 1.807) is 11.8 Å². The Labute approximate surface area is 119 Å². The van der Waals surface area contributed by atoms with E-state index < -0.39 is 11.9 Å². The van der Waals surface area contributed by atoms with Crippen molar-refractivity contribution in [3.63, 3.8) is 0 Å². The Morgan fingerprint density at radius 2 is 2.00 bits per heavy atom. The molecule has 108 valence electrons. The molecule has 4 heteroatoms. The lowest BCUT2D eigenvalue weighted by molar-refractivity contribution is -0.141. The summed E-state index contributed by atoms with van der Waals surface area (Å²) in [5, 5.41) is 9.05. The molecule has 1 N–H and O–H groups in total. The topological polar surface area (TPSA) is 57.6 Å². The summed E-state index contributed by atoms with van der Waals surface area (Å²) < 4.78 is 0. The Hall–Kier alpha value is -1.84. The zero-order valence-corrected chi connectivity index (χ0v) is 12.2. The molecule has 1 aromatic carbocycles. The molecule has 0 spiro atoms. The van der Waals surface area contributed by atoms with Gasteiger partial charge in [0, 0.05) is 18.2 Å². The number of carbonyl (C=O) groups is 2. The van der Waals surface area contributed by atoms with E-state index in [4.69, 9.17) is 5.11 Å². The molecule has 1 atom stereocenters. The first-order valence-electron chi connectivity index (χ1n) is 7.01. The van der Waals surface area contributed by atoms with Crippen LogP contribution in [0.25, 0.3) is 0 Å². The highest BCUT2D eigenvalue weighted by Crippen LogP contribution is 2.30. The number of nitrogens with zero attached hydrogens (tertiary/aromatic N) is 1. The quantitative estimate of drug-likeness (QED) is 0.898. The normalized spacial score (nSPS) is 15.8. The van der Waals surface area contributed by atoms with Crippen molar-refractivity contribution in [2.75, 3.05) is 6.54 Å². The van der Waals surface area contributed by atoms with Gasteiger partial charge in [-0.05, 0) is 43.9 Å². The third-order valence-electron chi connectivity index (χ3n) is 3.98. The van der Waals surface area contributed by atoms with Crippen LogP contribution < -0.4 is 0 Å². The van der Waals surface area contributed by atoms with Crippen LogP contribution in [-0.4, -0.2) is 34.5 Å². The van der Waals surface area contributed by atoms with Crippen molar-refractivity contribution in [3.05, 3.63) is 34.9 Å². The fourth-order valence-electron chi connectivity index (χ4n) is 2.29. The molecular weight excluding hydrogens is 254 g/mol. The van der Waals surface area contributed by atoms with E-state index in [-0.39, 0.29) is 18.5 Å². The smallest absolute Gasteiger partial charge is 0.308 e. The molecule has 1 amide bonds. The zero-order valence-electron chi connectivity index (χ0n) is 12.2. The number of benzene rings is 1. The molecule has 20 heavy (non-hydrogen) atoms. The number of hydrogen-bond donors (Lipinski definition) is 1. The highest BCUT2D eigenvalue weighted by atomic mass is 16.4. The lowest BCUT2D eigenvalue weighted by Crippen LogP contribution is -2.38. The van der Waals surface area contributed by atoms with Crippen LogP contribution in [0.1, 0.15) is 41.3 Å². The molecule has 0 radical (unpaired) electrons. The maximum atomic E-state index is 12.7. The maximum Gasteiger partial charge on any atom is 0.308 e. The fourth-order valence-corrected chi connectivity index (χ4v) is 2.29. The van der Waals surface area contributed by atoms with Crippen LogP contribution in [0.5, 0.6) is 0 Å². The highest BCUT2D eigenvalue weighted by molar-refractivity contribution is 5.96. The number of carboxylic acids is 1. The van der Waals surface area contributed by atoms with E-state index in [2.05, 4.69) is 0 Å². The first-order valence-corrected chi connectivity index (χ1v) is 7.01. The van der Waals surface area contributed by atoms with Crippen molar-refractivity contribution < 1.29 is 14.7 Å². The minimum atomic E-state index is -0.857. The summed E-state index contributed by atoms with van der Waals surface area (Å²) in [6.07, 6.45) is 1.95. The van der Waals surface area contributed by atoms with Crippen molar-refractivity contribution in [2.24, 2.45) is 5.92 Å². The van der Waals surface area contributed by atoms with Crippen LogP contribution in [0.2, 0.25) is 0 Å². The average molecular weight is 275 g/mol. The second kappa shape index (κ2) is 5.65. The van der Waals surface area contributed by atoms with Gasteiger partial charge < -0.3 is 10.0 Å². The Morgan fingerprint density at radius 1 is 1.35 bits per heavy atom. The van der Waals surface area contributed by atoms with Gasteiger partial charge in [-0.3, -0.25) is 9.59 Å². The number of rotatable bonds is 5. The first-order chi connectivity index (χ1) is 9.41. The van der Waals surface area contributed by atoms with E-state index in [1.807, 2.05) is 32.0 Å². The number of carboxylic acid groups (broad SMARTS) is 1. The van der Waals surface area contributed by atoms with E-state index in [0.717, 1.165) is 24.0 Å². The van der Waals surface area contributed by atoms with Gasteiger partial charge in [0.15, 0.2) is 0 Å². The fraction of sp³-hybridized carbons (Fsp3) is 0.500. The minimum Gasteiger partial charge on any atom is -0.481 e. The van der Waals surface area contributed by atoms with Gasteiger partial charge in [0.2, 0.25) is 0 Å². The summed E-state index contributed by atoms with van der Waals surface area (Å²) in [6, 6.07) is 5.89. The van der Waals surface area contributed by atoms with Crippen molar-refractivity contribution in [1.82, 2.24) is 4.90 Å². The molecule has 2 rings (SSSR count). The van der Waals surface area contributed by atoms with Gasteiger partial charge in [0.05, 0.1) is 5.92 Å². The predicted octanol–water partition coefficient (Wildman–Crippen LogP) is 2.63. The van der Waals surface area contributed by atoms with Crippen LogP contribution in [0.4, 0.5) is 0 Å². The molecule has 0 saturated heterocycles. The lowest BCUT2D eigenvalue weighted by atomic mass is 10.0. The van der Waals surface area contributed by atoms with Gasteiger partial charge in [-0.25, -0.2) is 0 Å². The van der Waals surface area contributed by atoms with E-state index in [1.165, 1.54) is 0 Å². The number of aryl methyl sites for hydroxylation is 1. The Morgan fingerprint density at radius 3 is 2.55 bits per heavy atom. The Balaban J connectivity index is 2.23. The third-order valence-corrected chi connectivity index (χ3v) is 3.98. The number of amides is 1. The van der Waals surface area contributed by atoms with Crippen LogP contribution in [0.15, 0.2) is 18.2 Å². The molecule has 1 fully saturated rings. The van der Waals surface area contributed by atoms with E-state index in [0.29, 0.717) is 5.56 Å². The van der Waals surface area contributed by atoms with Crippen LogP contribution in [0, 0.1) is 19.8 Å². The molecule has 0 bridgehead atoms. The molecule has 1 aliphatic carbocycles. The van der Waals surface area contributed by atoms with Crippen molar-refractivity contribution in [1.29, 1.82) is 0 Å². The molecule has 1 unspecified atom stereocenters. The van der Waals surface area contributed by atoms with Crippen LogP contribution in [0.3, 0.4) is 0 Å². The van der Waals surface area contributed by atoms with Crippen LogP contribution in [-0.2, 0) is 4.79 Å². The molecule has 0 aliphatic heterocycles. The lowest BCUT2D eigenvalue weighted by Gasteiger charge is -2.25. The monoisotopic (exact) mass is 275 g/mol. The zero-order chi connectivity index (χ0) is 14.9. The number of hydrogen-bond acceptors (Lipinski definition) is 2.